The molecule has 170 valence electrons. The van der Waals surface area contributed by atoms with E-state index in [-0.39, 0.29) is 22.2 Å². The molecule has 1 aromatic heterocycles. The van der Waals surface area contributed by atoms with E-state index in [4.69, 9.17) is 26.4 Å². The number of thiocarbonyl (C=S) groups is 1. The quantitative estimate of drug-likeness (QED) is 0.362. The largest absolute Gasteiger partial charge is 0.492 e. The predicted octanol–water partition coefficient (Wildman–Crippen LogP) is 1.95. The normalized spacial score (nSPS) is 13.4. The van der Waals surface area contributed by atoms with Crippen molar-refractivity contribution >= 4 is 28.8 Å². The van der Waals surface area contributed by atoms with E-state index in [1.807, 2.05) is 0 Å². The second kappa shape index (κ2) is 11.3. The molecule has 32 heavy (non-hydrogen) atoms. The standard InChI is InChI=1S/C21H24FN5O4S/c1-29-8-9-31-17-11-23-12-26-16(17)10-25-14-6-7-24-20(28)18(14)21(32)27-15-5-3-4-13(22)19(15)30-2/h3-5,11-12,25H,6-10H2,1-2H3,(H,24,28)(H,27,32). The summed E-state index contributed by atoms with van der Waals surface area (Å²) in [7, 11) is 2.95. The monoisotopic (exact) mass is 461 g/mol. The number of hydrogen-bond donors (Lipinski definition) is 3. The van der Waals surface area contributed by atoms with Gasteiger partial charge in [-0.05, 0) is 12.1 Å². The number of nitrogens with zero attached hydrogens (tertiary/aromatic N) is 2. The summed E-state index contributed by atoms with van der Waals surface area (Å²) in [5, 5.41) is 8.94. The lowest BCUT2D eigenvalue weighted by Crippen LogP contribution is -2.39. The zero-order valence-electron chi connectivity index (χ0n) is 17.7. The number of rotatable bonds is 10. The molecule has 0 unspecified atom stereocenters. The first kappa shape index (κ1) is 23.4. The van der Waals surface area contributed by atoms with Crippen LogP contribution in [0.1, 0.15) is 12.1 Å². The molecule has 0 atom stereocenters. The van der Waals surface area contributed by atoms with Gasteiger partial charge in [0.25, 0.3) is 5.91 Å². The fourth-order valence-corrected chi connectivity index (χ4v) is 3.41. The van der Waals surface area contributed by atoms with Gasteiger partial charge in [0.15, 0.2) is 17.3 Å². The zero-order valence-corrected chi connectivity index (χ0v) is 18.6. The lowest BCUT2D eigenvalue weighted by molar-refractivity contribution is -0.117. The molecule has 11 heteroatoms. The summed E-state index contributed by atoms with van der Waals surface area (Å²) in [5.41, 5.74) is 1.86. The molecular weight excluding hydrogens is 437 g/mol. The Hall–Kier alpha value is -3.31. The van der Waals surface area contributed by atoms with E-state index >= 15 is 0 Å². The van der Waals surface area contributed by atoms with Gasteiger partial charge < -0.3 is 30.2 Å². The van der Waals surface area contributed by atoms with Crippen molar-refractivity contribution in [3.05, 3.63) is 53.5 Å². The SMILES string of the molecule is COCCOc1cncnc1CNC1=C(C(=S)Nc2cccc(F)c2OC)C(=O)NCC1. The minimum Gasteiger partial charge on any atom is -0.492 e. The molecule has 3 N–H and O–H groups in total. The Morgan fingerprint density at radius 1 is 1.31 bits per heavy atom. The molecule has 1 amide bonds. The summed E-state index contributed by atoms with van der Waals surface area (Å²) in [6.07, 6.45) is 3.53. The lowest BCUT2D eigenvalue weighted by atomic mass is 10.1. The predicted molar refractivity (Wildman–Crippen MR) is 120 cm³/mol. The Bertz CT molecular complexity index is 1020. The van der Waals surface area contributed by atoms with Crippen LogP contribution in [0.5, 0.6) is 11.5 Å². The molecule has 0 bridgehead atoms. The Kier molecular flexibility index (Phi) is 8.28. The molecule has 9 nitrogen and oxygen atoms in total. The van der Waals surface area contributed by atoms with E-state index < -0.39 is 5.82 Å². The Morgan fingerprint density at radius 2 is 2.16 bits per heavy atom. The highest BCUT2D eigenvalue weighted by Gasteiger charge is 2.25. The first-order valence-corrected chi connectivity index (χ1v) is 10.3. The van der Waals surface area contributed by atoms with Gasteiger partial charge in [-0.2, -0.15) is 0 Å². The van der Waals surface area contributed by atoms with Gasteiger partial charge in [-0.15, -0.1) is 0 Å². The molecule has 0 fully saturated rings. The van der Waals surface area contributed by atoms with Crippen LogP contribution in [-0.2, 0) is 16.1 Å². The maximum atomic E-state index is 14.0. The van der Waals surface area contributed by atoms with Crippen LogP contribution in [0.15, 0.2) is 42.0 Å². The van der Waals surface area contributed by atoms with Crippen LogP contribution in [-0.4, -0.2) is 54.8 Å². The zero-order chi connectivity index (χ0) is 22.9. The average molecular weight is 462 g/mol. The van der Waals surface area contributed by atoms with E-state index in [0.717, 1.165) is 0 Å². The summed E-state index contributed by atoms with van der Waals surface area (Å²) < 4.78 is 29.8. The Morgan fingerprint density at radius 3 is 2.94 bits per heavy atom. The molecular formula is C21H24FN5O4S. The van der Waals surface area contributed by atoms with Gasteiger partial charge in [-0.3, -0.25) is 4.79 Å². The first-order chi connectivity index (χ1) is 15.5. The second-order valence-electron chi connectivity index (χ2n) is 6.66. The molecule has 0 saturated heterocycles. The summed E-state index contributed by atoms with van der Waals surface area (Å²) in [6, 6.07) is 4.42. The molecule has 0 spiro atoms. The Labute approximate surface area is 190 Å². The van der Waals surface area contributed by atoms with E-state index in [1.54, 1.807) is 19.4 Å². The molecule has 2 aromatic rings. The third-order valence-electron chi connectivity index (χ3n) is 4.61. The summed E-state index contributed by atoms with van der Waals surface area (Å²) in [5.74, 6) is -0.332. The molecule has 1 aliphatic rings. The van der Waals surface area contributed by atoms with Gasteiger partial charge in [0.2, 0.25) is 0 Å². The maximum Gasteiger partial charge on any atom is 0.256 e. The number of carbonyl (C=O) groups excluding carboxylic acids is 1. The minimum absolute atomic E-state index is 0.0139. The third kappa shape index (κ3) is 5.68. The van der Waals surface area contributed by atoms with Crippen LogP contribution in [0.4, 0.5) is 10.1 Å². The van der Waals surface area contributed by atoms with Crippen molar-refractivity contribution < 1.29 is 23.4 Å². The van der Waals surface area contributed by atoms with Crippen LogP contribution in [0.25, 0.3) is 0 Å². The minimum atomic E-state index is -0.537. The summed E-state index contributed by atoms with van der Waals surface area (Å²) in [4.78, 5) is 21.0. The van der Waals surface area contributed by atoms with Gasteiger partial charge in [0.05, 0.1) is 37.7 Å². The molecule has 0 radical (unpaired) electrons. The van der Waals surface area contributed by atoms with E-state index in [9.17, 15) is 9.18 Å². The van der Waals surface area contributed by atoms with Gasteiger partial charge in [0, 0.05) is 25.8 Å². The number of halogens is 1. The number of benzene rings is 1. The number of anilines is 1. The highest BCUT2D eigenvalue weighted by atomic mass is 32.1. The molecule has 1 aromatic carbocycles. The highest BCUT2D eigenvalue weighted by molar-refractivity contribution is 7.81. The van der Waals surface area contributed by atoms with Gasteiger partial charge >= 0.3 is 0 Å². The first-order valence-electron chi connectivity index (χ1n) is 9.84. The van der Waals surface area contributed by atoms with Crippen LogP contribution < -0.4 is 25.4 Å². The maximum absolute atomic E-state index is 14.0. The van der Waals surface area contributed by atoms with Crippen molar-refractivity contribution in [2.75, 3.05) is 39.3 Å². The average Bonchev–Trinajstić information content (AvgIpc) is 2.78. The van der Waals surface area contributed by atoms with Crippen molar-refractivity contribution in [1.29, 1.82) is 0 Å². The molecule has 2 heterocycles. The summed E-state index contributed by atoms with van der Waals surface area (Å²) in [6.45, 7) is 1.54. The lowest BCUT2D eigenvalue weighted by Gasteiger charge is -2.23. The number of para-hydroxylation sites is 1. The van der Waals surface area contributed by atoms with Crippen molar-refractivity contribution in [2.45, 2.75) is 13.0 Å². The van der Waals surface area contributed by atoms with E-state index in [2.05, 4.69) is 25.9 Å². The molecule has 3 rings (SSSR count). The van der Waals surface area contributed by atoms with Crippen molar-refractivity contribution in [2.24, 2.45) is 0 Å². The summed E-state index contributed by atoms with van der Waals surface area (Å²) >= 11 is 5.48. The molecule has 1 aliphatic heterocycles. The number of nitrogens with one attached hydrogen (secondary N) is 3. The smallest absolute Gasteiger partial charge is 0.256 e. The van der Waals surface area contributed by atoms with Gasteiger partial charge in [-0.25, -0.2) is 14.4 Å². The topological polar surface area (TPSA) is 107 Å². The Balaban J connectivity index is 1.79. The number of amides is 1. The third-order valence-corrected chi connectivity index (χ3v) is 4.91. The van der Waals surface area contributed by atoms with Gasteiger partial charge in [0.1, 0.15) is 23.6 Å². The highest BCUT2D eigenvalue weighted by Crippen LogP contribution is 2.28. The van der Waals surface area contributed by atoms with Crippen molar-refractivity contribution in [3.63, 3.8) is 0 Å². The number of carbonyl (C=O) groups is 1. The van der Waals surface area contributed by atoms with Crippen LogP contribution in [0, 0.1) is 5.82 Å². The molecule has 0 saturated carbocycles. The van der Waals surface area contributed by atoms with Gasteiger partial charge in [-0.1, -0.05) is 18.3 Å². The van der Waals surface area contributed by atoms with Crippen molar-refractivity contribution in [3.8, 4) is 11.5 Å². The van der Waals surface area contributed by atoms with Crippen LogP contribution in [0.3, 0.4) is 0 Å². The number of methoxy groups -OCH3 is 2. The number of ether oxygens (including phenoxy) is 3. The van der Waals surface area contributed by atoms with Crippen molar-refractivity contribution in [1.82, 2.24) is 20.6 Å². The number of hydrogen-bond acceptors (Lipinski definition) is 8. The van der Waals surface area contributed by atoms with E-state index in [0.29, 0.717) is 55.6 Å². The second-order valence-corrected chi connectivity index (χ2v) is 7.07. The fraction of sp³-hybridized carbons (Fsp3) is 0.333. The van der Waals surface area contributed by atoms with Crippen LogP contribution >= 0.6 is 12.2 Å². The molecule has 0 aliphatic carbocycles. The van der Waals surface area contributed by atoms with Crippen LogP contribution in [0.2, 0.25) is 0 Å². The van der Waals surface area contributed by atoms with E-state index in [1.165, 1.54) is 25.6 Å². The number of aromatic nitrogens is 2. The fourth-order valence-electron chi connectivity index (χ4n) is 3.09.